The summed E-state index contributed by atoms with van der Waals surface area (Å²) >= 11 is 0. The van der Waals surface area contributed by atoms with Crippen LogP contribution in [-0.4, -0.2) is 0 Å². The molecule has 9 rings (SSSR count). The Bertz CT molecular complexity index is 2180. The standard InChI is InChI=1S/C44H31N/c45-32-25-23-29(24-26-32)27-37-36(30-13-3-1-4-14-30)28-38-35-19-9-12-22-41(35)44(43(38)42(37)31-15-5-2-6-16-31)39-20-10-7-17-33(39)34-18-8-11-21-40(34)44/h1-26,28H,27,45H2. The Morgan fingerprint density at radius 1 is 0.422 bits per heavy atom. The van der Waals surface area contributed by atoms with Crippen molar-refractivity contribution in [2.45, 2.75) is 11.8 Å². The van der Waals surface area contributed by atoms with E-state index in [0.29, 0.717) is 0 Å². The van der Waals surface area contributed by atoms with Crippen molar-refractivity contribution in [1.82, 2.24) is 0 Å². The third-order valence-electron chi connectivity index (χ3n) is 9.89. The second kappa shape index (κ2) is 9.94. The van der Waals surface area contributed by atoms with Gasteiger partial charge in [0, 0.05) is 5.69 Å². The fraction of sp³-hybridized carbons (Fsp3) is 0.0455. The van der Waals surface area contributed by atoms with Crippen LogP contribution in [0, 0.1) is 0 Å². The summed E-state index contributed by atoms with van der Waals surface area (Å²) in [6, 6.07) is 60.1. The van der Waals surface area contributed by atoms with Crippen molar-refractivity contribution in [1.29, 1.82) is 0 Å². The molecular weight excluding hydrogens is 542 g/mol. The number of rotatable bonds is 4. The zero-order valence-corrected chi connectivity index (χ0v) is 24.9. The van der Waals surface area contributed by atoms with Crippen LogP contribution in [0.15, 0.2) is 164 Å². The first kappa shape index (κ1) is 25.8. The van der Waals surface area contributed by atoms with Gasteiger partial charge in [0.2, 0.25) is 0 Å². The minimum Gasteiger partial charge on any atom is -0.399 e. The van der Waals surface area contributed by atoms with E-state index in [-0.39, 0.29) is 0 Å². The van der Waals surface area contributed by atoms with Crippen LogP contribution in [0.25, 0.3) is 44.5 Å². The first-order chi connectivity index (χ1) is 22.2. The van der Waals surface area contributed by atoms with Crippen molar-refractivity contribution in [3.63, 3.8) is 0 Å². The van der Waals surface area contributed by atoms with Crippen LogP contribution < -0.4 is 5.73 Å². The fourth-order valence-electron chi connectivity index (χ4n) is 8.12. The maximum atomic E-state index is 6.15. The van der Waals surface area contributed by atoms with Gasteiger partial charge in [-0.05, 0) is 103 Å². The first-order valence-corrected chi connectivity index (χ1v) is 15.7. The summed E-state index contributed by atoms with van der Waals surface area (Å²) in [5, 5.41) is 0. The summed E-state index contributed by atoms with van der Waals surface area (Å²) in [6.45, 7) is 0. The number of benzene rings is 7. The Morgan fingerprint density at radius 2 is 0.889 bits per heavy atom. The molecule has 0 saturated heterocycles. The lowest BCUT2D eigenvalue weighted by molar-refractivity contribution is 0.794. The molecule has 0 aliphatic heterocycles. The first-order valence-electron chi connectivity index (χ1n) is 15.7. The molecule has 7 aromatic rings. The lowest BCUT2D eigenvalue weighted by Crippen LogP contribution is -2.27. The highest BCUT2D eigenvalue weighted by atomic mass is 14.5. The summed E-state index contributed by atoms with van der Waals surface area (Å²) in [4.78, 5) is 0. The maximum Gasteiger partial charge on any atom is 0.0731 e. The quantitative estimate of drug-likeness (QED) is 0.208. The molecule has 212 valence electrons. The van der Waals surface area contributed by atoms with E-state index < -0.39 is 5.41 Å². The number of hydrogen-bond donors (Lipinski definition) is 1. The largest absolute Gasteiger partial charge is 0.399 e. The van der Waals surface area contributed by atoms with Gasteiger partial charge in [0.25, 0.3) is 0 Å². The summed E-state index contributed by atoms with van der Waals surface area (Å²) in [5.74, 6) is 0. The van der Waals surface area contributed by atoms with Gasteiger partial charge in [0.15, 0.2) is 0 Å². The molecule has 7 aromatic carbocycles. The van der Waals surface area contributed by atoms with Gasteiger partial charge in [0.1, 0.15) is 0 Å². The predicted molar refractivity (Wildman–Crippen MR) is 187 cm³/mol. The molecule has 1 nitrogen and oxygen atoms in total. The molecule has 0 fully saturated rings. The molecule has 0 radical (unpaired) electrons. The number of anilines is 1. The molecule has 0 heterocycles. The van der Waals surface area contributed by atoms with E-state index in [1.165, 1.54) is 77.9 Å². The summed E-state index contributed by atoms with van der Waals surface area (Å²) in [7, 11) is 0. The minimum absolute atomic E-state index is 0.435. The molecule has 0 atom stereocenters. The molecule has 0 saturated carbocycles. The Balaban J connectivity index is 1.49. The van der Waals surface area contributed by atoms with Crippen LogP contribution in [0.4, 0.5) is 5.69 Å². The monoisotopic (exact) mass is 573 g/mol. The topological polar surface area (TPSA) is 26.0 Å². The maximum absolute atomic E-state index is 6.15. The zero-order valence-electron chi connectivity index (χ0n) is 24.9. The third kappa shape index (κ3) is 3.68. The molecule has 0 unspecified atom stereocenters. The van der Waals surface area contributed by atoms with Crippen LogP contribution in [0.3, 0.4) is 0 Å². The highest BCUT2D eigenvalue weighted by molar-refractivity contribution is 6.01. The van der Waals surface area contributed by atoms with Gasteiger partial charge in [-0.3, -0.25) is 0 Å². The van der Waals surface area contributed by atoms with E-state index in [4.69, 9.17) is 5.73 Å². The van der Waals surface area contributed by atoms with Crippen molar-refractivity contribution < 1.29 is 0 Å². The second-order valence-corrected chi connectivity index (χ2v) is 12.2. The molecule has 2 N–H and O–H groups in total. The van der Waals surface area contributed by atoms with Gasteiger partial charge in [0.05, 0.1) is 5.41 Å². The predicted octanol–water partition coefficient (Wildman–Crippen LogP) is 10.5. The van der Waals surface area contributed by atoms with Crippen molar-refractivity contribution in [3.8, 4) is 44.5 Å². The van der Waals surface area contributed by atoms with Crippen molar-refractivity contribution in [2.75, 3.05) is 5.73 Å². The van der Waals surface area contributed by atoms with Crippen LogP contribution in [0.5, 0.6) is 0 Å². The van der Waals surface area contributed by atoms with Gasteiger partial charge in [-0.15, -0.1) is 0 Å². The molecular formula is C44H31N. The van der Waals surface area contributed by atoms with Crippen molar-refractivity contribution in [3.05, 3.63) is 197 Å². The average molecular weight is 574 g/mol. The summed E-state index contributed by atoms with van der Waals surface area (Å²) in [5.41, 5.74) is 24.9. The number of hydrogen-bond acceptors (Lipinski definition) is 1. The van der Waals surface area contributed by atoms with E-state index in [1.54, 1.807) is 0 Å². The van der Waals surface area contributed by atoms with E-state index in [9.17, 15) is 0 Å². The van der Waals surface area contributed by atoms with Gasteiger partial charge in [-0.1, -0.05) is 146 Å². The van der Waals surface area contributed by atoms with Crippen LogP contribution >= 0.6 is 0 Å². The SMILES string of the molecule is Nc1ccc(Cc2c(-c3ccccc3)cc3c(c2-c2ccccc2)C2(c4ccccc4-c4ccccc42)c2ccccc2-3)cc1. The highest BCUT2D eigenvalue weighted by Gasteiger charge is 2.53. The van der Waals surface area contributed by atoms with Gasteiger partial charge < -0.3 is 5.73 Å². The number of nitrogens with two attached hydrogens (primary N) is 1. The van der Waals surface area contributed by atoms with Crippen LogP contribution in [0.2, 0.25) is 0 Å². The van der Waals surface area contributed by atoms with Crippen LogP contribution in [0.1, 0.15) is 33.4 Å². The molecule has 1 heteroatoms. The van der Waals surface area contributed by atoms with Gasteiger partial charge in [-0.25, -0.2) is 0 Å². The number of nitrogen functional groups attached to an aromatic ring is 1. The van der Waals surface area contributed by atoms with Gasteiger partial charge in [-0.2, -0.15) is 0 Å². The molecule has 0 bridgehead atoms. The summed E-state index contributed by atoms with van der Waals surface area (Å²) < 4.78 is 0. The third-order valence-corrected chi connectivity index (χ3v) is 9.89. The Hall–Kier alpha value is -5.66. The molecule has 2 aliphatic carbocycles. The Morgan fingerprint density at radius 3 is 1.44 bits per heavy atom. The van der Waals surface area contributed by atoms with Gasteiger partial charge >= 0.3 is 0 Å². The molecule has 0 amide bonds. The lowest BCUT2D eigenvalue weighted by atomic mass is 9.67. The van der Waals surface area contributed by atoms with Crippen molar-refractivity contribution in [2.24, 2.45) is 0 Å². The lowest BCUT2D eigenvalue weighted by Gasteiger charge is -2.34. The molecule has 1 spiro atoms. The molecule has 0 aromatic heterocycles. The molecule has 45 heavy (non-hydrogen) atoms. The number of fused-ring (bicyclic) bond motifs is 10. The van der Waals surface area contributed by atoms with E-state index in [0.717, 1.165) is 12.1 Å². The van der Waals surface area contributed by atoms with Crippen LogP contribution in [-0.2, 0) is 11.8 Å². The minimum atomic E-state index is -0.435. The zero-order chi connectivity index (χ0) is 30.0. The molecule has 2 aliphatic rings. The van der Waals surface area contributed by atoms with E-state index in [1.807, 2.05) is 12.1 Å². The smallest absolute Gasteiger partial charge is 0.0731 e. The van der Waals surface area contributed by atoms with E-state index >= 15 is 0 Å². The summed E-state index contributed by atoms with van der Waals surface area (Å²) in [6.07, 6.45) is 0.789. The van der Waals surface area contributed by atoms with E-state index in [2.05, 4.69) is 152 Å². The normalized spacial score (nSPS) is 13.2. The van der Waals surface area contributed by atoms with Crippen molar-refractivity contribution >= 4 is 5.69 Å². The average Bonchev–Trinajstić information content (AvgIpc) is 3.57. The Kier molecular flexibility index (Phi) is 5.70. The second-order valence-electron chi connectivity index (χ2n) is 12.2. The fourth-order valence-corrected chi connectivity index (χ4v) is 8.12. The Labute approximate surface area is 264 Å². The highest BCUT2D eigenvalue weighted by Crippen LogP contribution is 2.65.